The van der Waals surface area contributed by atoms with E-state index in [2.05, 4.69) is 14.1 Å². The zero-order chi connectivity index (χ0) is 24.9. The normalized spacial score (nSPS) is 11.8. The third kappa shape index (κ3) is 6.07. The second-order valence-electron chi connectivity index (χ2n) is 7.30. The van der Waals surface area contributed by atoms with E-state index in [1.165, 1.54) is 12.1 Å². The van der Waals surface area contributed by atoms with Gasteiger partial charge >= 0.3 is 0 Å². The molecule has 180 valence electrons. The lowest BCUT2D eigenvalue weighted by Gasteiger charge is -2.21. The molecule has 12 heteroatoms. The molecule has 0 aliphatic carbocycles. The van der Waals surface area contributed by atoms with Gasteiger partial charge in [-0.15, -0.1) is 0 Å². The summed E-state index contributed by atoms with van der Waals surface area (Å²) in [6.07, 6.45) is 0.371. The van der Waals surface area contributed by atoms with E-state index in [1.54, 1.807) is 12.1 Å². The summed E-state index contributed by atoms with van der Waals surface area (Å²) in [5, 5.41) is 2.58. The number of carbonyl (C=O) groups is 1. The van der Waals surface area contributed by atoms with Gasteiger partial charge in [0.2, 0.25) is 0 Å². The Morgan fingerprint density at radius 1 is 1.09 bits per heavy atom. The molecule has 1 unspecified atom stereocenters. The first kappa shape index (κ1) is 25.3. The van der Waals surface area contributed by atoms with Crippen molar-refractivity contribution in [3.63, 3.8) is 0 Å². The molecule has 35 heavy (non-hydrogen) atoms. The van der Waals surface area contributed by atoms with Crippen LogP contribution >= 0.6 is 34.3 Å². The first-order chi connectivity index (χ1) is 16.8. The van der Waals surface area contributed by atoms with Crippen molar-refractivity contribution in [2.45, 2.75) is 13.0 Å². The average Bonchev–Trinajstić information content (AvgIpc) is 3.26. The molecule has 0 aliphatic rings. The van der Waals surface area contributed by atoms with E-state index in [4.69, 9.17) is 0 Å². The SMILES string of the molecule is O=C(NCc1ccc(F)cc1F)c1ccc(I)cc1N(c1nsnc1Cc1ccccc1)S(=O)O. The summed E-state index contributed by atoms with van der Waals surface area (Å²) in [6.45, 7) is -0.198. The molecule has 1 aromatic heterocycles. The van der Waals surface area contributed by atoms with E-state index in [0.717, 1.165) is 33.7 Å². The van der Waals surface area contributed by atoms with Crippen LogP contribution < -0.4 is 9.62 Å². The monoisotopic (exact) mass is 626 g/mol. The first-order valence-corrected chi connectivity index (χ1v) is 13.0. The maximum atomic E-state index is 14.0. The Kier molecular flexibility index (Phi) is 8.15. The van der Waals surface area contributed by atoms with Crippen LogP contribution in [0.15, 0.2) is 66.7 Å². The fraction of sp³-hybridized carbons (Fsp3) is 0.0870. The zero-order valence-corrected chi connectivity index (χ0v) is 21.6. The minimum atomic E-state index is -2.58. The van der Waals surface area contributed by atoms with Crippen molar-refractivity contribution < 1.29 is 22.3 Å². The predicted molar refractivity (Wildman–Crippen MR) is 139 cm³/mol. The lowest BCUT2D eigenvalue weighted by molar-refractivity contribution is 0.0951. The van der Waals surface area contributed by atoms with Gasteiger partial charge in [-0.2, -0.15) is 8.75 Å². The van der Waals surface area contributed by atoms with Crippen LogP contribution in [0.2, 0.25) is 0 Å². The summed E-state index contributed by atoms with van der Waals surface area (Å²) < 4.78 is 60.2. The van der Waals surface area contributed by atoms with Gasteiger partial charge in [-0.25, -0.2) is 17.3 Å². The number of amides is 1. The third-order valence-corrected chi connectivity index (χ3v) is 6.89. The number of nitrogens with one attached hydrogen (secondary N) is 1. The number of aromatic nitrogens is 2. The van der Waals surface area contributed by atoms with Gasteiger partial charge in [-0.3, -0.25) is 9.35 Å². The summed E-state index contributed by atoms with van der Waals surface area (Å²) in [5.74, 6) is -1.96. The van der Waals surface area contributed by atoms with E-state index in [0.29, 0.717) is 15.7 Å². The summed E-state index contributed by atoms with van der Waals surface area (Å²) in [4.78, 5) is 13.1. The Labute approximate surface area is 220 Å². The topological polar surface area (TPSA) is 95.4 Å². The molecule has 1 heterocycles. The maximum Gasteiger partial charge on any atom is 0.268 e. The molecule has 0 saturated carbocycles. The Hall–Kier alpha value is -2.81. The molecule has 0 fully saturated rings. The van der Waals surface area contributed by atoms with Crippen LogP contribution in [-0.2, 0) is 24.2 Å². The summed E-state index contributed by atoms with van der Waals surface area (Å²) in [6, 6.07) is 17.3. The molecule has 0 bridgehead atoms. The highest BCUT2D eigenvalue weighted by atomic mass is 127. The molecule has 0 spiro atoms. The number of benzene rings is 3. The first-order valence-electron chi connectivity index (χ1n) is 10.1. The van der Waals surface area contributed by atoms with Crippen molar-refractivity contribution in [2.75, 3.05) is 4.31 Å². The molecule has 4 rings (SSSR count). The van der Waals surface area contributed by atoms with Crippen molar-refractivity contribution in [3.8, 4) is 0 Å². The molecule has 2 N–H and O–H groups in total. The van der Waals surface area contributed by atoms with Crippen LogP contribution in [0.3, 0.4) is 0 Å². The number of carbonyl (C=O) groups excluding carboxylic acids is 1. The van der Waals surface area contributed by atoms with Gasteiger partial charge in [0.15, 0.2) is 5.82 Å². The molecule has 1 amide bonds. The molecule has 7 nitrogen and oxygen atoms in total. The second-order valence-corrected chi connectivity index (χ2v) is 9.90. The maximum absolute atomic E-state index is 14.0. The van der Waals surface area contributed by atoms with Crippen molar-refractivity contribution in [3.05, 3.63) is 104 Å². The number of anilines is 2. The highest BCUT2D eigenvalue weighted by molar-refractivity contribution is 14.1. The fourth-order valence-corrected chi connectivity index (χ4v) is 5.02. The van der Waals surface area contributed by atoms with E-state index in [1.807, 2.05) is 52.9 Å². The quantitative estimate of drug-likeness (QED) is 0.207. The highest BCUT2D eigenvalue weighted by Gasteiger charge is 2.27. The molecule has 0 radical (unpaired) electrons. The van der Waals surface area contributed by atoms with Crippen LogP contribution in [-0.4, -0.2) is 23.4 Å². The summed E-state index contributed by atoms with van der Waals surface area (Å²) >= 11 is 0.340. The number of hydrogen-bond donors (Lipinski definition) is 2. The van der Waals surface area contributed by atoms with Crippen molar-refractivity contribution in [1.29, 1.82) is 0 Å². The molecule has 4 aromatic rings. The molecule has 1 atom stereocenters. The average molecular weight is 626 g/mol. The standard InChI is InChI=1S/C23H17F2IN4O3S2/c24-16-7-6-15(19(25)11-16)13-27-23(31)18-9-8-17(26)12-21(18)30(35(32)33)22-20(28-34-29-22)10-14-4-2-1-3-5-14/h1-9,11-12H,10,13H2,(H,27,31)(H,32,33). The minimum Gasteiger partial charge on any atom is -0.348 e. The van der Waals surface area contributed by atoms with Gasteiger partial charge in [-0.1, -0.05) is 36.4 Å². The lowest BCUT2D eigenvalue weighted by Crippen LogP contribution is -2.28. The highest BCUT2D eigenvalue weighted by Crippen LogP contribution is 2.33. The number of halogens is 3. The van der Waals surface area contributed by atoms with Gasteiger partial charge in [0.25, 0.3) is 17.2 Å². The second kappa shape index (κ2) is 11.3. The number of nitrogens with zero attached hydrogens (tertiary/aromatic N) is 3. The van der Waals surface area contributed by atoms with E-state index in [9.17, 15) is 22.3 Å². The minimum absolute atomic E-state index is 0.0778. The van der Waals surface area contributed by atoms with E-state index >= 15 is 0 Å². The predicted octanol–water partition coefficient (Wildman–Crippen LogP) is 5.22. The van der Waals surface area contributed by atoms with Gasteiger partial charge < -0.3 is 5.32 Å². The number of rotatable bonds is 8. The molecule has 0 aliphatic heterocycles. The summed E-state index contributed by atoms with van der Waals surface area (Å²) in [7, 11) is 0. The van der Waals surface area contributed by atoms with Crippen LogP contribution in [0, 0.1) is 15.2 Å². The third-order valence-electron chi connectivity index (χ3n) is 4.98. The van der Waals surface area contributed by atoms with Gasteiger partial charge in [0.1, 0.15) is 17.3 Å². The Morgan fingerprint density at radius 2 is 1.86 bits per heavy atom. The smallest absolute Gasteiger partial charge is 0.268 e. The van der Waals surface area contributed by atoms with Crippen LogP contribution in [0.1, 0.15) is 27.2 Å². The van der Waals surface area contributed by atoms with Gasteiger partial charge in [0.05, 0.1) is 23.0 Å². The van der Waals surface area contributed by atoms with Crippen molar-refractivity contribution >= 4 is 63.0 Å². The van der Waals surface area contributed by atoms with Gasteiger partial charge in [0, 0.05) is 28.2 Å². The van der Waals surface area contributed by atoms with E-state index < -0.39 is 28.8 Å². The van der Waals surface area contributed by atoms with E-state index in [-0.39, 0.29) is 29.2 Å². The van der Waals surface area contributed by atoms with Crippen LogP contribution in [0.5, 0.6) is 0 Å². The fourth-order valence-electron chi connectivity index (χ4n) is 3.33. The summed E-state index contributed by atoms with van der Waals surface area (Å²) in [5.41, 5.74) is 1.73. The number of hydrogen-bond acceptors (Lipinski definition) is 5. The van der Waals surface area contributed by atoms with Crippen molar-refractivity contribution in [1.82, 2.24) is 14.1 Å². The molecular weight excluding hydrogens is 609 g/mol. The Bertz CT molecular complexity index is 1390. The van der Waals surface area contributed by atoms with Crippen molar-refractivity contribution in [2.24, 2.45) is 0 Å². The molecule has 3 aromatic carbocycles. The van der Waals surface area contributed by atoms with Gasteiger partial charge in [-0.05, 0) is 52.4 Å². The largest absolute Gasteiger partial charge is 0.348 e. The zero-order valence-electron chi connectivity index (χ0n) is 17.8. The Morgan fingerprint density at radius 3 is 2.57 bits per heavy atom. The lowest BCUT2D eigenvalue weighted by atomic mass is 10.1. The van der Waals surface area contributed by atoms with Crippen LogP contribution in [0.4, 0.5) is 20.3 Å². The van der Waals surface area contributed by atoms with Crippen LogP contribution in [0.25, 0.3) is 0 Å². The molecule has 0 saturated heterocycles. The molecular formula is C23H17F2IN4O3S2. The Balaban J connectivity index is 1.67.